The lowest BCUT2D eigenvalue weighted by Gasteiger charge is -2.31. The first kappa shape index (κ1) is 15.3. The van der Waals surface area contributed by atoms with Gasteiger partial charge in [0.2, 0.25) is 15.6 Å². The van der Waals surface area contributed by atoms with Crippen LogP contribution in [0.4, 0.5) is 0 Å². The maximum atomic E-state index is 12.1. The Morgan fingerprint density at radius 1 is 1.35 bits per heavy atom. The van der Waals surface area contributed by atoms with Crippen molar-refractivity contribution in [3.63, 3.8) is 0 Å². The van der Waals surface area contributed by atoms with Gasteiger partial charge >= 0.3 is 0 Å². The minimum Gasteiger partial charge on any atom is -0.329 e. The Morgan fingerprint density at radius 2 is 2.05 bits per heavy atom. The summed E-state index contributed by atoms with van der Waals surface area (Å²) in [5, 5.41) is 0. The minimum atomic E-state index is -3.09. The maximum absolute atomic E-state index is 12.1. The molecule has 0 aliphatic carbocycles. The van der Waals surface area contributed by atoms with Gasteiger partial charge in [0.1, 0.15) is 0 Å². The Kier molecular flexibility index (Phi) is 4.99. The molecule has 5 nitrogen and oxygen atoms in total. The molecular weight excluding hydrogens is 276 g/mol. The van der Waals surface area contributed by atoms with Crippen molar-refractivity contribution in [1.82, 2.24) is 9.29 Å². The zero-order chi connectivity index (χ0) is 14.6. The van der Waals surface area contributed by atoms with Crippen LogP contribution in [0.2, 0.25) is 0 Å². The second-order valence-electron chi connectivity index (χ2n) is 5.33. The molecular formula is C14H22N2O3S. The van der Waals surface area contributed by atoms with Crippen molar-refractivity contribution in [3.05, 3.63) is 34.2 Å². The largest absolute Gasteiger partial charge is 0.329 e. The van der Waals surface area contributed by atoms with Crippen molar-refractivity contribution >= 4 is 10.0 Å². The lowest BCUT2D eigenvalue weighted by Crippen LogP contribution is -2.39. The molecule has 6 heteroatoms. The third-order valence-electron chi connectivity index (χ3n) is 3.87. The highest BCUT2D eigenvalue weighted by atomic mass is 32.2. The molecule has 0 atom stereocenters. The van der Waals surface area contributed by atoms with Crippen LogP contribution >= 0.6 is 0 Å². The van der Waals surface area contributed by atoms with E-state index in [1.807, 2.05) is 13.0 Å². The number of rotatable bonds is 5. The third-order valence-corrected chi connectivity index (χ3v) is 5.83. The van der Waals surface area contributed by atoms with Gasteiger partial charge in [-0.15, -0.1) is 0 Å². The molecule has 2 rings (SSSR count). The zero-order valence-electron chi connectivity index (χ0n) is 11.8. The number of pyridine rings is 1. The van der Waals surface area contributed by atoms with E-state index in [1.165, 1.54) is 0 Å². The molecule has 1 aliphatic heterocycles. The van der Waals surface area contributed by atoms with Crippen molar-refractivity contribution in [2.75, 3.05) is 18.8 Å². The fourth-order valence-corrected chi connectivity index (χ4v) is 4.32. The molecule has 0 amide bonds. The molecule has 1 aromatic rings. The summed E-state index contributed by atoms with van der Waals surface area (Å²) in [4.78, 5) is 13.9. The highest BCUT2D eigenvalue weighted by Gasteiger charge is 2.28. The molecule has 1 saturated heterocycles. The first-order chi connectivity index (χ1) is 9.53. The SMILES string of the molecule is CCCCS(=O)(=O)N1CCC(c2cc[nH]c(=O)c2)CC1. The highest BCUT2D eigenvalue weighted by Crippen LogP contribution is 2.28. The highest BCUT2D eigenvalue weighted by molar-refractivity contribution is 7.89. The fourth-order valence-electron chi connectivity index (χ4n) is 2.64. The summed E-state index contributed by atoms with van der Waals surface area (Å²) in [5.41, 5.74) is 0.917. The van der Waals surface area contributed by atoms with Crippen LogP contribution in [0, 0.1) is 0 Å². The first-order valence-corrected chi connectivity index (χ1v) is 8.80. The van der Waals surface area contributed by atoms with E-state index >= 15 is 0 Å². The number of nitrogens with zero attached hydrogens (tertiary/aromatic N) is 1. The standard InChI is InChI=1S/C14H22N2O3S/c1-2-3-10-20(18,19)16-8-5-12(6-9-16)13-4-7-15-14(17)11-13/h4,7,11-12H,2-3,5-6,8-10H2,1H3,(H,15,17). The van der Waals surface area contributed by atoms with E-state index in [4.69, 9.17) is 0 Å². The van der Waals surface area contributed by atoms with Crippen LogP contribution in [0.5, 0.6) is 0 Å². The van der Waals surface area contributed by atoms with Crippen LogP contribution in [-0.2, 0) is 10.0 Å². The monoisotopic (exact) mass is 298 g/mol. The summed E-state index contributed by atoms with van der Waals surface area (Å²) >= 11 is 0. The lowest BCUT2D eigenvalue weighted by atomic mass is 9.91. The lowest BCUT2D eigenvalue weighted by molar-refractivity contribution is 0.319. The fraction of sp³-hybridized carbons (Fsp3) is 0.643. The van der Waals surface area contributed by atoms with Gasteiger partial charge in [0, 0.05) is 25.4 Å². The molecule has 0 aromatic carbocycles. The van der Waals surface area contributed by atoms with E-state index in [-0.39, 0.29) is 17.2 Å². The van der Waals surface area contributed by atoms with Crippen LogP contribution < -0.4 is 5.56 Å². The van der Waals surface area contributed by atoms with E-state index in [2.05, 4.69) is 4.98 Å². The van der Waals surface area contributed by atoms with Gasteiger partial charge in [-0.1, -0.05) is 13.3 Å². The van der Waals surface area contributed by atoms with Crippen molar-refractivity contribution in [1.29, 1.82) is 0 Å². The van der Waals surface area contributed by atoms with E-state index < -0.39 is 10.0 Å². The molecule has 1 aliphatic rings. The van der Waals surface area contributed by atoms with Gasteiger partial charge < -0.3 is 4.98 Å². The Hall–Kier alpha value is -1.14. The van der Waals surface area contributed by atoms with Gasteiger partial charge in [-0.05, 0) is 36.8 Å². The molecule has 1 N–H and O–H groups in total. The molecule has 20 heavy (non-hydrogen) atoms. The molecule has 112 valence electrons. The van der Waals surface area contributed by atoms with Crippen LogP contribution in [0.25, 0.3) is 0 Å². The summed E-state index contributed by atoms with van der Waals surface area (Å²) in [6.07, 6.45) is 4.84. The number of aromatic amines is 1. The number of H-pyrrole nitrogens is 1. The number of aromatic nitrogens is 1. The summed E-state index contributed by atoms with van der Waals surface area (Å²) in [7, 11) is -3.09. The van der Waals surface area contributed by atoms with Crippen molar-refractivity contribution in [3.8, 4) is 0 Å². The predicted molar refractivity (Wildman–Crippen MR) is 79.3 cm³/mol. The normalized spacial score (nSPS) is 18.2. The molecule has 1 fully saturated rings. The molecule has 2 heterocycles. The number of sulfonamides is 1. The number of nitrogens with one attached hydrogen (secondary N) is 1. The van der Waals surface area contributed by atoms with Gasteiger partial charge in [0.15, 0.2) is 0 Å². The summed E-state index contributed by atoms with van der Waals surface area (Å²) in [5.74, 6) is 0.536. The molecule has 0 saturated carbocycles. The molecule has 0 bridgehead atoms. The van der Waals surface area contributed by atoms with Crippen LogP contribution in [0.15, 0.2) is 23.1 Å². The second-order valence-corrected chi connectivity index (χ2v) is 7.42. The maximum Gasteiger partial charge on any atom is 0.248 e. The van der Waals surface area contributed by atoms with Crippen LogP contribution in [0.1, 0.15) is 44.1 Å². The Bertz CT molecular complexity index is 586. The van der Waals surface area contributed by atoms with Gasteiger partial charge in [-0.25, -0.2) is 12.7 Å². The van der Waals surface area contributed by atoms with Gasteiger partial charge in [0.05, 0.1) is 5.75 Å². The Balaban J connectivity index is 1.97. The van der Waals surface area contributed by atoms with Gasteiger partial charge in [-0.2, -0.15) is 0 Å². The number of hydrogen-bond donors (Lipinski definition) is 1. The van der Waals surface area contributed by atoms with E-state index in [1.54, 1.807) is 16.6 Å². The topological polar surface area (TPSA) is 70.2 Å². The first-order valence-electron chi connectivity index (χ1n) is 7.19. The van der Waals surface area contributed by atoms with Crippen molar-refractivity contribution in [2.45, 2.75) is 38.5 Å². The van der Waals surface area contributed by atoms with Crippen LogP contribution in [-0.4, -0.2) is 36.5 Å². The van der Waals surface area contributed by atoms with Gasteiger partial charge in [-0.3, -0.25) is 4.79 Å². The Labute approximate surface area is 120 Å². The van der Waals surface area contributed by atoms with Gasteiger partial charge in [0.25, 0.3) is 0 Å². The zero-order valence-corrected chi connectivity index (χ0v) is 12.7. The molecule has 0 unspecified atom stereocenters. The van der Waals surface area contributed by atoms with E-state index in [0.717, 1.165) is 31.2 Å². The smallest absolute Gasteiger partial charge is 0.248 e. The number of unbranched alkanes of at least 4 members (excludes halogenated alkanes) is 1. The minimum absolute atomic E-state index is 0.0968. The quantitative estimate of drug-likeness (QED) is 0.899. The molecule has 0 radical (unpaired) electrons. The van der Waals surface area contributed by atoms with E-state index in [0.29, 0.717) is 13.1 Å². The average Bonchev–Trinajstić information content (AvgIpc) is 2.45. The van der Waals surface area contributed by atoms with Crippen molar-refractivity contribution in [2.24, 2.45) is 0 Å². The van der Waals surface area contributed by atoms with Crippen LogP contribution in [0.3, 0.4) is 0 Å². The summed E-state index contributed by atoms with van der Waals surface area (Å²) < 4.78 is 25.8. The molecule has 1 aromatic heterocycles. The predicted octanol–water partition coefficient (Wildman–Crippen LogP) is 1.68. The van der Waals surface area contributed by atoms with E-state index in [9.17, 15) is 13.2 Å². The Morgan fingerprint density at radius 3 is 2.65 bits per heavy atom. The summed E-state index contributed by atoms with van der Waals surface area (Å²) in [6, 6.07) is 3.53. The second kappa shape index (κ2) is 6.54. The van der Waals surface area contributed by atoms with Crippen molar-refractivity contribution < 1.29 is 8.42 Å². The third kappa shape index (κ3) is 3.70. The number of piperidine rings is 1. The molecule has 0 spiro atoms. The average molecular weight is 298 g/mol. The number of hydrogen-bond acceptors (Lipinski definition) is 3. The summed E-state index contributed by atoms with van der Waals surface area (Å²) in [6.45, 7) is 3.11.